The molecule has 2 rings (SSSR count). The first-order chi connectivity index (χ1) is 8.16. The molecule has 0 spiro atoms. The smallest absolute Gasteiger partial charge is 0.125 e. The molecule has 1 aliphatic heterocycles. The molecular formula is C12H15BrClFN2. The highest BCUT2D eigenvalue weighted by molar-refractivity contribution is 9.10. The van der Waals surface area contributed by atoms with Gasteiger partial charge in [-0.25, -0.2) is 4.39 Å². The molecule has 1 aliphatic rings. The van der Waals surface area contributed by atoms with E-state index < -0.39 is 0 Å². The maximum Gasteiger partial charge on any atom is 0.125 e. The predicted molar refractivity (Wildman–Crippen MR) is 73.2 cm³/mol. The van der Waals surface area contributed by atoms with Crippen molar-refractivity contribution >= 4 is 33.2 Å². The number of anilines is 1. The first kappa shape index (κ1) is 13.1. The summed E-state index contributed by atoms with van der Waals surface area (Å²) in [6, 6.07) is 2.75. The quantitative estimate of drug-likeness (QED) is 0.888. The normalized spacial score (nSPS) is 20.3. The first-order valence-electron chi connectivity index (χ1n) is 5.76. The van der Waals surface area contributed by atoms with Gasteiger partial charge in [-0.2, -0.15) is 0 Å². The fraction of sp³-hybridized carbons (Fsp3) is 0.500. The van der Waals surface area contributed by atoms with Crippen molar-refractivity contribution in [2.24, 2.45) is 5.92 Å². The molecule has 2 N–H and O–H groups in total. The van der Waals surface area contributed by atoms with Gasteiger partial charge in [0.1, 0.15) is 5.82 Å². The third kappa shape index (κ3) is 3.57. The Bertz CT molecular complexity index is 371. The molecule has 1 aromatic rings. The predicted octanol–water partition coefficient (Wildman–Crippen LogP) is 3.65. The Hall–Kier alpha value is -0.320. The van der Waals surface area contributed by atoms with Crippen molar-refractivity contribution in [3.8, 4) is 0 Å². The second kappa shape index (κ2) is 6.03. The number of nitrogens with one attached hydrogen (secondary N) is 2. The summed E-state index contributed by atoms with van der Waals surface area (Å²) in [6.07, 6.45) is 2.43. The number of piperidine rings is 1. The van der Waals surface area contributed by atoms with Gasteiger partial charge in [-0.3, -0.25) is 0 Å². The van der Waals surface area contributed by atoms with Crippen molar-refractivity contribution in [2.75, 3.05) is 25.0 Å². The lowest BCUT2D eigenvalue weighted by Crippen LogP contribution is -2.33. The van der Waals surface area contributed by atoms with Gasteiger partial charge in [-0.1, -0.05) is 11.6 Å². The fourth-order valence-corrected chi connectivity index (χ4v) is 3.02. The summed E-state index contributed by atoms with van der Waals surface area (Å²) < 4.78 is 13.7. The topological polar surface area (TPSA) is 24.1 Å². The number of halogens is 3. The van der Waals surface area contributed by atoms with E-state index in [1.54, 1.807) is 0 Å². The number of hydrogen-bond acceptors (Lipinski definition) is 2. The lowest BCUT2D eigenvalue weighted by atomic mass is 10.00. The molecule has 1 fully saturated rings. The van der Waals surface area contributed by atoms with Crippen LogP contribution < -0.4 is 10.6 Å². The van der Waals surface area contributed by atoms with Crippen LogP contribution in [0.3, 0.4) is 0 Å². The maximum atomic E-state index is 13.1. The van der Waals surface area contributed by atoms with Crippen LogP contribution >= 0.6 is 27.5 Å². The van der Waals surface area contributed by atoms with E-state index in [9.17, 15) is 4.39 Å². The average Bonchev–Trinajstić information content (AvgIpc) is 2.29. The Morgan fingerprint density at radius 2 is 2.35 bits per heavy atom. The van der Waals surface area contributed by atoms with Crippen molar-refractivity contribution in [3.05, 3.63) is 27.4 Å². The fourth-order valence-electron chi connectivity index (χ4n) is 2.06. The van der Waals surface area contributed by atoms with E-state index in [4.69, 9.17) is 11.6 Å². The average molecular weight is 322 g/mol. The van der Waals surface area contributed by atoms with Crippen LogP contribution in [-0.2, 0) is 0 Å². The van der Waals surface area contributed by atoms with E-state index >= 15 is 0 Å². The number of benzene rings is 1. The molecule has 0 aromatic heterocycles. The third-order valence-corrected chi connectivity index (χ3v) is 3.90. The Balaban J connectivity index is 1.98. The minimum Gasteiger partial charge on any atom is -0.383 e. The van der Waals surface area contributed by atoms with Gasteiger partial charge < -0.3 is 10.6 Å². The summed E-state index contributed by atoms with van der Waals surface area (Å²) in [5, 5.41) is 7.07. The van der Waals surface area contributed by atoms with Gasteiger partial charge in [0.2, 0.25) is 0 Å². The summed E-state index contributed by atoms with van der Waals surface area (Å²) in [4.78, 5) is 0. The zero-order chi connectivity index (χ0) is 12.3. The van der Waals surface area contributed by atoms with Crippen LogP contribution in [-0.4, -0.2) is 19.6 Å². The largest absolute Gasteiger partial charge is 0.383 e. The van der Waals surface area contributed by atoms with E-state index in [1.165, 1.54) is 25.0 Å². The van der Waals surface area contributed by atoms with Crippen LogP contribution in [0.15, 0.2) is 16.6 Å². The van der Waals surface area contributed by atoms with Gasteiger partial charge in [0.25, 0.3) is 0 Å². The molecule has 0 amide bonds. The molecule has 0 bridgehead atoms. The van der Waals surface area contributed by atoms with Gasteiger partial charge >= 0.3 is 0 Å². The highest BCUT2D eigenvalue weighted by Gasteiger charge is 2.14. The second-order valence-electron chi connectivity index (χ2n) is 4.34. The van der Waals surface area contributed by atoms with Gasteiger partial charge in [0, 0.05) is 11.0 Å². The molecule has 0 aliphatic carbocycles. The van der Waals surface area contributed by atoms with Crippen molar-refractivity contribution in [2.45, 2.75) is 12.8 Å². The van der Waals surface area contributed by atoms with E-state index in [-0.39, 0.29) is 5.82 Å². The molecule has 5 heteroatoms. The van der Waals surface area contributed by atoms with Gasteiger partial charge in [-0.15, -0.1) is 0 Å². The minimum atomic E-state index is -0.327. The van der Waals surface area contributed by atoms with Crippen molar-refractivity contribution in [1.82, 2.24) is 5.32 Å². The van der Waals surface area contributed by atoms with Crippen LogP contribution in [0.25, 0.3) is 0 Å². The summed E-state index contributed by atoms with van der Waals surface area (Å²) >= 11 is 9.32. The highest BCUT2D eigenvalue weighted by Crippen LogP contribution is 2.32. The zero-order valence-electron chi connectivity index (χ0n) is 9.40. The van der Waals surface area contributed by atoms with Gasteiger partial charge in [0.15, 0.2) is 0 Å². The Kier molecular flexibility index (Phi) is 4.65. The molecule has 0 radical (unpaired) electrons. The molecule has 1 atom stereocenters. The van der Waals surface area contributed by atoms with Crippen LogP contribution in [0.1, 0.15) is 12.8 Å². The maximum absolute atomic E-state index is 13.1. The van der Waals surface area contributed by atoms with Crippen LogP contribution in [0.2, 0.25) is 5.02 Å². The lowest BCUT2D eigenvalue weighted by molar-refractivity contribution is 0.393. The lowest BCUT2D eigenvalue weighted by Gasteiger charge is -2.24. The zero-order valence-corrected chi connectivity index (χ0v) is 11.7. The molecule has 1 unspecified atom stereocenters. The highest BCUT2D eigenvalue weighted by atomic mass is 79.9. The van der Waals surface area contributed by atoms with Crippen LogP contribution in [0.5, 0.6) is 0 Å². The second-order valence-corrected chi connectivity index (χ2v) is 5.60. The number of rotatable bonds is 3. The van der Waals surface area contributed by atoms with Crippen molar-refractivity contribution in [3.63, 3.8) is 0 Å². The molecule has 1 aromatic carbocycles. The summed E-state index contributed by atoms with van der Waals surface area (Å²) in [7, 11) is 0. The first-order valence-corrected chi connectivity index (χ1v) is 6.93. The monoisotopic (exact) mass is 320 g/mol. The molecule has 94 valence electrons. The van der Waals surface area contributed by atoms with Crippen molar-refractivity contribution < 1.29 is 4.39 Å². The molecule has 0 saturated carbocycles. The SMILES string of the molecule is Fc1cc(Cl)c(NCC2CCCNC2)c(Br)c1. The summed E-state index contributed by atoms with van der Waals surface area (Å²) in [5.41, 5.74) is 0.777. The van der Waals surface area contributed by atoms with Crippen LogP contribution in [0, 0.1) is 11.7 Å². The Morgan fingerprint density at radius 1 is 1.53 bits per heavy atom. The summed E-state index contributed by atoms with van der Waals surface area (Å²) in [5.74, 6) is 0.281. The third-order valence-electron chi connectivity index (χ3n) is 2.97. The van der Waals surface area contributed by atoms with Crippen LogP contribution in [0.4, 0.5) is 10.1 Å². The standard InChI is InChI=1S/C12H15BrClFN2/c13-10-4-9(15)5-11(14)12(10)17-7-8-2-1-3-16-6-8/h4-5,8,16-17H,1-3,6-7H2. The van der Waals surface area contributed by atoms with E-state index in [0.717, 1.165) is 25.3 Å². The Labute approximate surface area is 114 Å². The van der Waals surface area contributed by atoms with Gasteiger partial charge in [-0.05, 0) is 59.9 Å². The summed E-state index contributed by atoms with van der Waals surface area (Å²) in [6.45, 7) is 3.00. The Morgan fingerprint density at radius 3 is 3.00 bits per heavy atom. The molecule has 2 nitrogen and oxygen atoms in total. The molecule has 1 heterocycles. The van der Waals surface area contributed by atoms with E-state index in [0.29, 0.717) is 15.4 Å². The van der Waals surface area contributed by atoms with Gasteiger partial charge in [0.05, 0.1) is 10.7 Å². The van der Waals surface area contributed by atoms with E-state index in [2.05, 4.69) is 26.6 Å². The number of hydrogen-bond donors (Lipinski definition) is 2. The molecule has 17 heavy (non-hydrogen) atoms. The van der Waals surface area contributed by atoms with E-state index in [1.807, 2.05) is 0 Å². The molecular weight excluding hydrogens is 307 g/mol. The van der Waals surface area contributed by atoms with Crippen molar-refractivity contribution in [1.29, 1.82) is 0 Å². The molecule has 1 saturated heterocycles. The minimum absolute atomic E-state index is 0.327.